The average molecular weight is 559 g/mol. The third-order valence-electron chi connectivity index (χ3n) is 5.57. The molecule has 3 N–H and O–H groups in total. The number of benzene rings is 1. The van der Waals surface area contributed by atoms with Crippen molar-refractivity contribution < 1.29 is 42.1 Å². The summed E-state index contributed by atoms with van der Waals surface area (Å²) in [7, 11) is -2.90. The predicted molar refractivity (Wildman–Crippen MR) is 132 cm³/mol. The lowest BCUT2D eigenvalue weighted by atomic mass is 9.98. The minimum atomic E-state index is -4.37. The number of carbonyl (C=O) groups is 1. The lowest BCUT2D eigenvalue weighted by Gasteiger charge is -2.25. The van der Waals surface area contributed by atoms with E-state index >= 15 is 4.39 Å². The van der Waals surface area contributed by atoms with Crippen LogP contribution in [0.2, 0.25) is 0 Å². The number of rotatable bonds is 11. The molecule has 0 radical (unpaired) electrons. The van der Waals surface area contributed by atoms with E-state index in [1.807, 2.05) is 4.98 Å². The topological polar surface area (TPSA) is 167 Å². The molecule has 1 aliphatic heterocycles. The summed E-state index contributed by atoms with van der Waals surface area (Å²) in [6, 6.07) is 5.84. The second-order valence-corrected chi connectivity index (χ2v) is 10.7. The Labute approximate surface area is 217 Å². The Hall–Kier alpha value is -3.03. The number of aromatic nitrogens is 2. The minimum Gasteiger partial charge on any atom is -0.497 e. The Bertz CT molecular complexity index is 1280. The van der Waals surface area contributed by atoms with Crippen LogP contribution in [0.25, 0.3) is 0 Å². The number of nitrogens with one attached hydrogen (secondary N) is 2. The summed E-state index contributed by atoms with van der Waals surface area (Å²) in [6.07, 6.45) is -4.29. The summed E-state index contributed by atoms with van der Waals surface area (Å²) in [5.74, 6) is -0.136. The second-order valence-electron chi connectivity index (χ2n) is 9.04. The number of aliphatic hydroxyl groups is 1. The van der Waals surface area contributed by atoms with Gasteiger partial charge in [0, 0.05) is 12.3 Å². The molecule has 15 heteroatoms. The van der Waals surface area contributed by atoms with E-state index < -0.39 is 67.8 Å². The van der Waals surface area contributed by atoms with Crippen LogP contribution in [0.15, 0.2) is 46.1 Å². The molecule has 13 nitrogen and oxygen atoms in total. The van der Waals surface area contributed by atoms with Crippen molar-refractivity contribution >= 4 is 13.7 Å². The van der Waals surface area contributed by atoms with Crippen molar-refractivity contribution in [1.29, 1.82) is 0 Å². The van der Waals surface area contributed by atoms with Crippen molar-refractivity contribution in [1.82, 2.24) is 14.6 Å². The number of methoxy groups -OCH3 is 1. The number of hydrogen-bond donors (Lipinski definition) is 3. The summed E-state index contributed by atoms with van der Waals surface area (Å²) in [4.78, 5) is 37.9. The highest BCUT2D eigenvalue weighted by molar-refractivity contribution is 7.52. The van der Waals surface area contributed by atoms with E-state index in [9.17, 15) is 24.1 Å². The fourth-order valence-electron chi connectivity index (χ4n) is 3.62. The molecule has 1 saturated heterocycles. The molecule has 2 heterocycles. The summed E-state index contributed by atoms with van der Waals surface area (Å²) < 4.78 is 56.7. The van der Waals surface area contributed by atoms with Gasteiger partial charge in [-0.2, -0.15) is 5.09 Å². The van der Waals surface area contributed by atoms with Gasteiger partial charge < -0.3 is 23.8 Å². The fraction of sp³-hybridized carbons (Fsp3) is 0.522. The Balaban J connectivity index is 1.81. The molecule has 1 fully saturated rings. The van der Waals surface area contributed by atoms with E-state index in [4.69, 9.17) is 23.3 Å². The maximum absolute atomic E-state index is 15.5. The molecule has 0 amide bonds. The number of H-pyrrole nitrogens is 1. The normalized spacial score (nSPS) is 25.5. The van der Waals surface area contributed by atoms with E-state index in [1.165, 1.54) is 26.2 Å². The molecule has 0 aliphatic carbocycles. The van der Waals surface area contributed by atoms with E-state index in [0.29, 0.717) is 5.75 Å². The van der Waals surface area contributed by atoms with Gasteiger partial charge in [-0.05, 0) is 52.0 Å². The number of nitrogens with zero attached hydrogens (tertiary/aromatic N) is 1. The van der Waals surface area contributed by atoms with E-state index in [-0.39, 0.29) is 5.75 Å². The molecule has 210 valence electrons. The molecule has 0 bridgehead atoms. The fourth-order valence-corrected chi connectivity index (χ4v) is 5.13. The third kappa shape index (κ3) is 6.88. The van der Waals surface area contributed by atoms with Crippen LogP contribution in [0.1, 0.15) is 33.9 Å². The van der Waals surface area contributed by atoms with Crippen LogP contribution >= 0.6 is 7.75 Å². The van der Waals surface area contributed by atoms with Gasteiger partial charge in [-0.1, -0.05) is 0 Å². The molecule has 1 aromatic heterocycles. The van der Waals surface area contributed by atoms with Crippen LogP contribution in [0.5, 0.6) is 11.5 Å². The van der Waals surface area contributed by atoms with Gasteiger partial charge in [0.25, 0.3) is 5.56 Å². The van der Waals surface area contributed by atoms with Gasteiger partial charge >= 0.3 is 19.4 Å². The van der Waals surface area contributed by atoms with Crippen molar-refractivity contribution in [2.45, 2.75) is 63.9 Å². The molecule has 0 spiro atoms. The van der Waals surface area contributed by atoms with Crippen molar-refractivity contribution in [3.8, 4) is 11.5 Å². The van der Waals surface area contributed by atoms with Crippen molar-refractivity contribution in [2.24, 2.45) is 0 Å². The van der Waals surface area contributed by atoms with E-state index in [0.717, 1.165) is 23.8 Å². The van der Waals surface area contributed by atoms with Crippen molar-refractivity contribution in [3.63, 3.8) is 0 Å². The van der Waals surface area contributed by atoms with Gasteiger partial charge in [0.15, 0.2) is 11.9 Å². The van der Waals surface area contributed by atoms with Gasteiger partial charge in [-0.25, -0.2) is 13.8 Å². The summed E-state index contributed by atoms with van der Waals surface area (Å²) >= 11 is 0. The molecule has 1 aliphatic rings. The Kier molecular flexibility index (Phi) is 9.16. The first-order valence-corrected chi connectivity index (χ1v) is 13.2. The summed E-state index contributed by atoms with van der Waals surface area (Å²) in [5.41, 5.74) is -4.15. The first kappa shape index (κ1) is 29.5. The molecule has 6 atom stereocenters. The zero-order valence-corrected chi connectivity index (χ0v) is 22.3. The van der Waals surface area contributed by atoms with Crippen molar-refractivity contribution in [3.05, 3.63) is 57.4 Å². The second kappa shape index (κ2) is 11.8. The minimum absolute atomic E-state index is 0.0898. The summed E-state index contributed by atoms with van der Waals surface area (Å²) in [5, 5.41) is 13.1. The first-order valence-electron chi connectivity index (χ1n) is 11.7. The number of ether oxygens (including phenoxy) is 3. The highest BCUT2D eigenvalue weighted by Gasteiger charge is 2.56. The number of alkyl halides is 1. The van der Waals surface area contributed by atoms with Gasteiger partial charge in [-0.3, -0.25) is 23.7 Å². The zero-order chi connectivity index (χ0) is 28.3. The number of esters is 1. The lowest BCUT2D eigenvalue weighted by molar-refractivity contribution is -0.149. The van der Waals surface area contributed by atoms with Crippen LogP contribution in [0, 0.1) is 0 Å². The number of halogens is 1. The quantitative estimate of drug-likeness (QED) is 0.271. The van der Waals surface area contributed by atoms with Gasteiger partial charge in [0.1, 0.15) is 29.7 Å². The molecule has 3 rings (SSSR count). The SMILES string of the molecule is COc1ccc(OP(=O)(N[C@@H](C)C(=O)OC(C)C)OC[C@H]2O[C@@H](n3ccc(=O)[nH]c3=O)[C@](C)(F)[C@@H]2O)cc1. The Morgan fingerprint density at radius 3 is 2.45 bits per heavy atom. The number of hydrogen-bond acceptors (Lipinski definition) is 10. The largest absolute Gasteiger partial charge is 0.497 e. The highest BCUT2D eigenvalue weighted by atomic mass is 31.2. The molecule has 38 heavy (non-hydrogen) atoms. The molecular weight excluding hydrogens is 528 g/mol. The number of aromatic amines is 1. The smallest absolute Gasteiger partial charge is 0.459 e. The van der Waals surface area contributed by atoms with Crippen molar-refractivity contribution in [2.75, 3.05) is 13.7 Å². The predicted octanol–water partition coefficient (Wildman–Crippen LogP) is 1.67. The lowest BCUT2D eigenvalue weighted by Crippen LogP contribution is -2.43. The van der Waals surface area contributed by atoms with Gasteiger partial charge in [-0.15, -0.1) is 0 Å². The molecular formula is C23H31FN3O10P. The third-order valence-corrected chi connectivity index (χ3v) is 7.22. The van der Waals surface area contributed by atoms with Crippen LogP contribution < -0.4 is 25.6 Å². The monoisotopic (exact) mass is 559 g/mol. The Morgan fingerprint density at radius 1 is 1.24 bits per heavy atom. The molecule has 1 unspecified atom stereocenters. The summed E-state index contributed by atoms with van der Waals surface area (Å²) in [6.45, 7) is 5.02. The molecule has 1 aromatic carbocycles. The maximum atomic E-state index is 15.5. The van der Waals surface area contributed by atoms with Gasteiger partial charge in [0.2, 0.25) is 0 Å². The van der Waals surface area contributed by atoms with Crippen LogP contribution in [0.4, 0.5) is 4.39 Å². The average Bonchev–Trinajstić information content (AvgIpc) is 3.06. The first-order chi connectivity index (χ1) is 17.8. The van der Waals surface area contributed by atoms with Crippen LogP contribution in [-0.4, -0.2) is 64.4 Å². The number of carbonyl (C=O) groups excluding carboxylic acids is 1. The van der Waals surface area contributed by atoms with Crippen LogP contribution in [0.3, 0.4) is 0 Å². The Morgan fingerprint density at radius 2 is 1.87 bits per heavy atom. The zero-order valence-electron chi connectivity index (χ0n) is 21.5. The molecule has 2 aromatic rings. The van der Waals surface area contributed by atoms with Gasteiger partial charge in [0.05, 0.1) is 19.8 Å². The van der Waals surface area contributed by atoms with E-state index in [1.54, 1.807) is 26.0 Å². The highest BCUT2D eigenvalue weighted by Crippen LogP contribution is 2.47. The van der Waals surface area contributed by atoms with Crippen LogP contribution in [-0.2, 0) is 23.4 Å². The number of aliphatic hydroxyl groups excluding tert-OH is 1. The standard InChI is InChI=1S/C23H31FN3O10P/c1-13(2)35-20(30)14(3)26-38(32,37-16-8-6-15(33-5)7-9-16)34-12-17-19(29)23(4,24)21(36-17)27-11-10-18(28)25-22(27)31/h6-11,13-14,17,19,21,29H,12H2,1-5H3,(H,26,32)(H,25,28,31)/t14-,17+,19+,21+,23+,38?/m0/s1. The molecule has 0 saturated carbocycles. The maximum Gasteiger partial charge on any atom is 0.459 e. The van der Waals surface area contributed by atoms with E-state index in [2.05, 4.69) is 5.09 Å².